The minimum Gasteiger partial charge on any atom is -0.175 e. The van der Waals surface area contributed by atoms with Gasteiger partial charge in [0.2, 0.25) is 0 Å². The Morgan fingerprint density at radius 1 is 1.40 bits per heavy atom. The molecular formula is C8H16S2. The van der Waals surface area contributed by atoms with Gasteiger partial charge in [-0.25, -0.2) is 0 Å². The van der Waals surface area contributed by atoms with Crippen LogP contribution < -0.4 is 0 Å². The first-order chi connectivity index (χ1) is 4.54. The van der Waals surface area contributed by atoms with E-state index in [1.165, 1.54) is 10.5 Å². The van der Waals surface area contributed by atoms with Crippen LogP contribution in [0.1, 0.15) is 27.7 Å². The third-order valence-corrected chi connectivity index (χ3v) is 3.18. The van der Waals surface area contributed by atoms with E-state index in [2.05, 4.69) is 40.3 Å². The molecular weight excluding hydrogens is 160 g/mol. The number of hydrogen-bond acceptors (Lipinski definition) is 2. The second kappa shape index (κ2) is 5.14. The number of hydrogen-bond donors (Lipinski definition) is 1. The summed E-state index contributed by atoms with van der Waals surface area (Å²) >= 11 is 6.19. The average Bonchev–Trinajstić information content (AvgIpc) is 1.82. The molecule has 0 aliphatic heterocycles. The number of rotatable bonds is 3. The summed E-state index contributed by atoms with van der Waals surface area (Å²) in [6.45, 7) is 8.57. The summed E-state index contributed by atoms with van der Waals surface area (Å²) in [5.74, 6) is 1.11. The molecule has 0 bridgehead atoms. The van der Waals surface area contributed by atoms with E-state index >= 15 is 0 Å². The fourth-order valence-corrected chi connectivity index (χ4v) is 1.39. The van der Waals surface area contributed by atoms with E-state index in [1.54, 1.807) is 0 Å². The summed E-state index contributed by atoms with van der Waals surface area (Å²) < 4.78 is 0. The van der Waals surface area contributed by atoms with Gasteiger partial charge in [0.25, 0.3) is 0 Å². The zero-order valence-electron chi connectivity index (χ0n) is 7.14. The highest BCUT2D eigenvalue weighted by Gasteiger charge is 1.96. The van der Waals surface area contributed by atoms with E-state index in [0.717, 1.165) is 5.75 Å². The van der Waals surface area contributed by atoms with Gasteiger partial charge in [0.1, 0.15) is 0 Å². The SMILES string of the molecule is CC(C)=C(C)SC[C@@H](C)S. The monoisotopic (exact) mass is 176 g/mol. The molecule has 2 heteroatoms. The first-order valence-electron chi connectivity index (χ1n) is 3.49. The Balaban J connectivity index is 3.60. The second-order valence-corrected chi connectivity index (χ2v) is 4.83. The van der Waals surface area contributed by atoms with E-state index in [0.29, 0.717) is 5.25 Å². The van der Waals surface area contributed by atoms with Crippen LogP contribution in [0.4, 0.5) is 0 Å². The predicted octanol–water partition coefficient (Wildman–Crippen LogP) is 3.35. The van der Waals surface area contributed by atoms with Crippen LogP contribution in [0, 0.1) is 0 Å². The highest BCUT2D eigenvalue weighted by atomic mass is 32.2. The van der Waals surface area contributed by atoms with Crippen LogP contribution in [0.25, 0.3) is 0 Å². The molecule has 0 unspecified atom stereocenters. The van der Waals surface area contributed by atoms with Gasteiger partial charge in [0.15, 0.2) is 0 Å². The molecule has 0 N–H and O–H groups in total. The zero-order chi connectivity index (χ0) is 8.15. The topological polar surface area (TPSA) is 0 Å². The Morgan fingerprint density at radius 3 is 2.20 bits per heavy atom. The lowest BCUT2D eigenvalue weighted by molar-refractivity contribution is 1.14. The largest absolute Gasteiger partial charge is 0.175 e. The Labute approximate surface area is 73.9 Å². The van der Waals surface area contributed by atoms with E-state index in [-0.39, 0.29) is 0 Å². The molecule has 0 saturated heterocycles. The van der Waals surface area contributed by atoms with Gasteiger partial charge in [-0.2, -0.15) is 12.6 Å². The van der Waals surface area contributed by atoms with Gasteiger partial charge >= 0.3 is 0 Å². The fraction of sp³-hybridized carbons (Fsp3) is 0.750. The Bertz CT molecular complexity index is 121. The number of thiol groups is 1. The van der Waals surface area contributed by atoms with Crippen LogP contribution in [0.2, 0.25) is 0 Å². The van der Waals surface area contributed by atoms with Crippen LogP contribution in [0.3, 0.4) is 0 Å². The molecule has 0 fully saturated rings. The summed E-state index contributed by atoms with van der Waals surface area (Å²) in [6.07, 6.45) is 0. The highest BCUT2D eigenvalue weighted by molar-refractivity contribution is 8.03. The predicted molar refractivity (Wildman–Crippen MR) is 55.0 cm³/mol. The van der Waals surface area contributed by atoms with Crippen LogP contribution in [-0.2, 0) is 0 Å². The average molecular weight is 176 g/mol. The van der Waals surface area contributed by atoms with Crippen molar-refractivity contribution in [2.45, 2.75) is 32.9 Å². The molecule has 0 heterocycles. The standard InChI is InChI=1S/C8H16S2/c1-6(2)8(4)10-5-7(3)9/h7,9H,5H2,1-4H3/t7-/m1/s1. The van der Waals surface area contributed by atoms with Crippen molar-refractivity contribution in [2.24, 2.45) is 0 Å². The summed E-state index contributed by atoms with van der Waals surface area (Å²) in [7, 11) is 0. The maximum atomic E-state index is 4.30. The molecule has 1 atom stereocenters. The summed E-state index contributed by atoms with van der Waals surface area (Å²) in [4.78, 5) is 1.43. The summed E-state index contributed by atoms with van der Waals surface area (Å²) in [5, 5.41) is 0.499. The van der Waals surface area contributed by atoms with Gasteiger partial charge in [-0.1, -0.05) is 12.5 Å². The molecule has 0 amide bonds. The molecule has 0 nitrogen and oxygen atoms in total. The van der Waals surface area contributed by atoms with Crippen LogP contribution in [0.15, 0.2) is 10.5 Å². The quantitative estimate of drug-likeness (QED) is 0.643. The lowest BCUT2D eigenvalue weighted by Crippen LogP contribution is -1.94. The molecule has 0 aromatic rings. The van der Waals surface area contributed by atoms with Crippen LogP contribution in [0.5, 0.6) is 0 Å². The van der Waals surface area contributed by atoms with Gasteiger partial charge in [-0.3, -0.25) is 0 Å². The lowest BCUT2D eigenvalue weighted by Gasteiger charge is -2.04. The number of thioether (sulfide) groups is 1. The molecule has 0 aromatic carbocycles. The van der Waals surface area contributed by atoms with Crippen molar-refractivity contribution >= 4 is 24.4 Å². The third-order valence-electron chi connectivity index (χ3n) is 1.25. The maximum absolute atomic E-state index is 4.30. The van der Waals surface area contributed by atoms with Crippen LogP contribution >= 0.6 is 24.4 Å². The van der Waals surface area contributed by atoms with Gasteiger partial charge in [-0.05, 0) is 25.7 Å². The minimum absolute atomic E-state index is 0.499. The Kier molecular flexibility index (Phi) is 5.36. The van der Waals surface area contributed by atoms with Crippen molar-refractivity contribution in [2.75, 3.05) is 5.75 Å². The van der Waals surface area contributed by atoms with E-state index in [4.69, 9.17) is 0 Å². The maximum Gasteiger partial charge on any atom is 0.00910 e. The van der Waals surface area contributed by atoms with E-state index in [1.807, 2.05) is 11.8 Å². The van der Waals surface area contributed by atoms with Crippen molar-refractivity contribution in [3.05, 3.63) is 10.5 Å². The van der Waals surface area contributed by atoms with Gasteiger partial charge in [0.05, 0.1) is 0 Å². The smallest absolute Gasteiger partial charge is 0.00910 e. The third kappa shape index (κ3) is 5.24. The molecule has 60 valence electrons. The van der Waals surface area contributed by atoms with Gasteiger partial charge in [0, 0.05) is 11.0 Å². The number of allylic oxidation sites excluding steroid dienone is 2. The van der Waals surface area contributed by atoms with Crippen LogP contribution in [-0.4, -0.2) is 11.0 Å². The first kappa shape index (κ1) is 10.4. The van der Waals surface area contributed by atoms with E-state index < -0.39 is 0 Å². The molecule has 0 radical (unpaired) electrons. The fourth-order valence-electron chi connectivity index (χ4n) is 0.390. The molecule has 0 rings (SSSR count). The lowest BCUT2D eigenvalue weighted by atomic mass is 10.3. The first-order valence-corrected chi connectivity index (χ1v) is 4.99. The van der Waals surface area contributed by atoms with E-state index in [9.17, 15) is 0 Å². The molecule has 0 aliphatic rings. The second-order valence-electron chi connectivity index (χ2n) is 2.72. The molecule has 0 aliphatic carbocycles. The molecule has 0 spiro atoms. The van der Waals surface area contributed by atoms with Crippen molar-refractivity contribution < 1.29 is 0 Å². The normalized spacial score (nSPS) is 12.9. The molecule has 0 saturated carbocycles. The van der Waals surface area contributed by atoms with Crippen molar-refractivity contribution in [1.82, 2.24) is 0 Å². The zero-order valence-corrected chi connectivity index (χ0v) is 8.85. The van der Waals surface area contributed by atoms with Crippen molar-refractivity contribution in [3.63, 3.8) is 0 Å². The summed E-state index contributed by atoms with van der Waals surface area (Å²) in [5.41, 5.74) is 1.42. The minimum atomic E-state index is 0.499. The molecule has 10 heavy (non-hydrogen) atoms. The highest BCUT2D eigenvalue weighted by Crippen LogP contribution is 2.20. The van der Waals surface area contributed by atoms with Gasteiger partial charge < -0.3 is 0 Å². The van der Waals surface area contributed by atoms with Gasteiger partial charge in [-0.15, -0.1) is 11.8 Å². The van der Waals surface area contributed by atoms with Crippen molar-refractivity contribution in [3.8, 4) is 0 Å². The Morgan fingerprint density at radius 2 is 1.90 bits per heavy atom. The van der Waals surface area contributed by atoms with Crippen molar-refractivity contribution in [1.29, 1.82) is 0 Å². The summed E-state index contributed by atoms with van der Waals surface area (Å²) in [6, 6.07) is 0. The Hall–Kier alpha value is 0.440. The molecule has 0 aromatic heterocycles.